The minimum absolute atomic E-state index is 0.0320. The molecule has 1 saturated heterocycles. The number of carbonyl (C=O) groups is 6. The molecule has 330 valence electrons. The second-order valence-electron chi connectivity index (χ2n) is 14.6. The van der Waals surface area contributed by atoms with Crippen LogP contribution in [0.2, 0.25) is 0 Å². The van der Waals surface area contributed by atoms with Gasteiger partial charge >= 0.3 is 6.09 Å². The SMILES string of the molecule is CC1=C(NCCSSCCNC(=O)CCNC(=O)CCCNC(=O)c2ccc(NCc3cnc4nc(N)[nH]c(=O)c4n3)cc2)C(=O)C2=C(C1=O)N1CNC(C)C1[C@@H]2COC(N)=O. The maximum absolute atomic E-state index is 13.7. The highest BCUT2D eigenvalue weighted by molar-refractivity contribution is 8.76. The van der Waals surface area contributed by atoms with Crippen LogP contribution in [0, 0.1) is 5.92 Å². The molecule has 0 radical (unpaired) electrons. The van der Waals surface area contributed by atoms with Crippen molar-refractivity contribution in [2.24, 2.45) is 11.7 Å². The van der Waals surface area contributed by atoms with Gasteiger partial charge in [-0.1, -0.05) is 21.6 Å². The Morgan fingerprint density at radius 1 is 0.919 bits per heavy atom. The van der Waals surface area contributed by atoms with Gasteiger partial charge in [-0.25, -0.2) is 14.8 Å². The van der Waals surface area contributed by atoms with Gasteiger partial charge in [0.05, 0.1) is 42.5 Å². The Morgan fingerprint density at radius 3 is 2.40 bits per heavy atom. The van der Waals surface area contributed by atoms with E-state index in [1.165, 1.54) is 6.20 Å². The second-order valence-corrected chi connectivity index (χ2v) is 17.3. The highest BCUT2D eigenvalue weighted by atomic mass is 33.1. The van der Waals surface area contributed by atoms with E-state index in [0.29, 0.717) is 72.3 Å². The van der Waals surface area contributed by atoms with Crippen molar-refractivity contribution in [3.63, 3.8) is 0 Å². The number of nitrogens with two attached hydrogens (primary N) is 2. The fourth-order valence-electron chi connectivity index (χ4n) is 7.33. The Labute approximate surface area is 363 Å². The van der Waals surface area contributed by atoms with E-state index in [9.17, 15) is 33.6 Å². The molecule has 62 heavy (non-hydrogen) atoms. The van der Waals surface area contributed by atoms with Gasteiger partial charge in [0.1, 0.15) is 6.61 Å². The van der Waals surface area contributed by atoms with Gasteiger partial charge in [0.2, 0.25) is 29.3 Å². The maximum atomic E-state index is 13.7. The van der Waals surface area contributed by atoms with Crippen LogP contribution in [0.5, 0.6) is 0 Å². The number of ether oxygens (including phenoxy) is 1. The molecule has 6 rings (SSSR count). The van der Waals surface area contributed by atoms with Gasteiger partial charge in [0.25, 0.3) is 11.5 Å². The average molecular weight is 892 g/mol. The van der Waals surface area contributed by atoms with Gasteiger partial charge in [-0.2, -0.15) is 4.98 Å². The largest absolute Gasteiger partial charge is 0.449 e. The number of fused-ring (bicyclic) bond motifs is 3. The summed E-state index contributed by atoms with van der Waals surface area (Å²) >= 11 is 0. The van der Waals surface area contributed by atoms with Crippen LogP contribution in [0.25, 0.3) is 11.2 Å². The standard InChI is InChI=1S/C39H49N13O8S2/c1-20-29(34(56)28-25(18-60-39(41)59)31-21(2)48-19-52(31)32(28)33(20)55)44-13-15-62-61-14-12-43-27(54)9-11-42-26(53)4-3-10-45-36(57)22-5-7-23(8-6-22)46-16-24-17-47-35-30(49-24)37(58)51-38(40)50-35/h5-8,17,21,25,31,44,46,48H,3-4,9-16,18-19H2,1-2H3,(H2,41,59)(H,42,53)(H,43,54)(H,45,57)(H3,40,47,50,51,58)/t21?,25-,31?/m1/s1. The minimum Gasteiger partial charge on any atom is -0.449 e. The van der Waals surface area contributed by atoms with Crippen molar-refractivity contribution in [3.05, 3.63) is 74.6 Å². The molecule has 11 N–H and O–H groups in total. The van der Waals surface area contributed by atoms with Crippen LogP contribution >= 0.6 is 21.6 Å². The summed E-state index contributed by atoms with van der Waals surface area (Å²) in [5.74, 6) is -0.463. The number of hydrogen-bond acceptors (Lipinski definition) is 18. The van der Waals surface area contributed by atoms with E-state index in [1.54, 1.807) is 52.8 Å². The molecule has 23 heteroatoms. The van der Waals surface area contributed by atoms with Crippen LogP contribution in [0.1, 0.15) is 49.2 Å². The minimum atomic E-state index is -0.939. The zero-order chi connectivity index (χ0) is 44.3. The number of primary amides is 1. The van der Waals surface area contributed by atoms with Crippen LogP contribution in [0.3, 0.4) is 0 Å². The number of amides is 4. The number of nitrogens with one attached hydrogen (secondary N) is 7. The van der Waals surface area contributed by atoms with E-state index in [4.69, 9.17) is 16.2 Å². The van der Waals surface area contributed by atoms with Crippen LogP contribution in [0.4, 0.5) is 16.4 Å². The number of hydrogen-bond donors (Lipinski definition) is 9. The molecule has 4 amide bonds. The number of H-pyrrole nitrogens is 1. The number of Topliss-reactive ketones (excluding diaryl/α,β-unsaturated/α-hetero) is 2. The monoisotopic (exact) mass is 891 g/mol. The number of rotatable bonds is 21. The fourth-order valence-corrected chi connectivity index (χ4v) is 9.14. The summed E-state index contributed by atoms with van der Waals surface area (Å²) in [5.41, 5.74) is 13.5. The Morgan fingerprint density at radius 2 is 1.65 bits per heavy atom. The van der Waals surface area contributed by atoms with E-state index in [0.717, 1.165) is 5.69 Å². The third-order valence-corrected chi connectivity index (χ3v) is 12.7. The molecule has 4 heterocycles. The van der Waals surface area contributed by atoms with E-state index in [-0.39, 0.29) is 96.7 Å². The van der Waals surface area contributed by atoms with Gasteiger partial charge in [0, 0.05) is 84.9 Å². The zero-order valence-electron chi connectivity index (χ0n) is 34.1. The number of carbonyl (C=O) groups excluding carboxylic acids is 6. The molecule has 1 fully saturated rings. The van der Waals surface area contributed by atoms with Crippen LogP contribution in [-0.4, -0.2) is 123 Å². The van der Waals surface area contributed by atoms with Crippen molar-refractivity contribution in [1.82, 2.24) is 51.4 Å². The number of anilines is 2. The predicted octanol–water partition coefficient (Wildman–Crippen LogP) is 0.0357. The molecular weight excluding hydrogens is 843 g/mol. The molecule has 2 aromatic heterocycles. The van der Waals surface area contributed by atoms with Crippen molar-refractivity contribution in [2.45, 2.75) is 51.7 Å². The lowest BCUT2D eigenvalue weighted by Gasteiger charge is -2.25. The quantitative estimate of drug-likeness (QED) is 0.0387. The molecular formula is C39H49N13O8S2. The van der Waals surface area contributed by atoms with Crippen LogP contribution < -0.4 is 48.9 Å². The van der Waals surface area contributed by atoms with Crippen molar-refractivity contribution in [2.75, 3.05) is 62.0 Å². The summed E-state index contributed by atoms with van der Waals surface area (Å²) in [6, 6.07) is 6.55. The zero-order valence-corrected chi connectivity index (χ0v) is 35.8. The first-order chi connectivity index (χ1) is 29.8. The molecule has 1 aromatic carbocycles. The summed E-state index contributed by atoms with van der Waals surface area (Å²) in [6.07, 6.45) is 1.28. The topological polar surface area (TPSA) is 311 Å². The van der Waals surface area contributed by atoms with Crippen molar-refractivity contribution < 1.29 is 33.5 Å². The highest BCUT2D eigenvalue weighted by Gasteiger charge is 2.53. The molecule has 2 unspecified atom stereocenters. The molecule has 0 spiro atoms. The van der Waals surface area contributed by atoms with E-state index in [2.05, 4.69) is 51.8 Å². The number of allylic oxidation sites excluding steroid dienone is 2. The maximum Gasteiger partial charge on any atom is 0.404 e. The summed E-state index contributed by atoms with van der Waals surface area (Å²) < 4.78 is 5.10. The number of nitrogens with zero attached hydrogens (tertiary/aromatic N) is 4. The summed E-state index contributed by atoms with van der Waals surface area (Å²) in [6.45, 7) is 5.54. The van der Waals surface area contributed by atoms with Crippen LogP contribution in [0.15, 0.2) is 57.8 Å². The number of aromatic amines is 1. The summed E-state index contributed by atoms with van der Waals surface area (Å²) in [4.78, 5) is 104. The Hall–Kier alpha value is -6.20. The average Bonchev–Trinajstić information content (AvgIpc) is 3.79. The Kier molecular flexibility index (Phi) is 15.4. The van der Waals surface area contributed by atoms with E-state index in [1.807, 2.05) is 11.8 Å². The van der Waals surface area contributed by atoms with Gasteiger partial charge in [-0.3, -0.25) is 39.1 Å². The molecule has 3 atom stereocenters. The number of nitrogen functional groups attached to an aromatic ring is 1. The smallest absolute Gasteiger partial charge is 0.404 e. The first-order valence-electron chi connectivity index (χ1n) is 19.9. The van der Waals surface area contributed by atoms with Crippen LogP contribution in [-0.2, 0) is 30.5 Å². The third kappa shape index (κ3) is 11.2. The molecule has 3 aliphatic rings. The van der Waals surface area contributed by atoms with Gasteiger partial charge in [-0.15, -0.1) is 0 Å². The molecule has 0 bridgehead atoms. The molecule has 21 nitrogen and oxygen atoms in total. The number of benzene rings is 1. The predicted molar refractivity (Wildman–Crippen MR) is 233 cm³/mol. The molecule has 2 aliphatic heterocycles. The van der Waals surface area contributed by atoms with E-state index >= 15 is 0 Å². The number of ketones is 2. The Bertz CT molecular complexity index is 2340. The highest BCUT2D eigenvalue weighted by Crippen LogP contribution is 2.43. The third-order valence-electron chi connectivity index (χ3n) is 10.3. The number of aromatic nitrogens is 4. The molecule has 3 aromatic rings. The van der Waals surface area contributed by atoms with E-state index < -0.39 is 17.6 Å². The van der Waals surface area contributed by atoms with Gasteiger partial charge in [-0.05, 0) is 44.5 Å². The van der Waals surface area contributed by atoms with Crippen molar-refractivity contribution in [3.8, 4) is 0 Å². The van der Waals surface area contributed by atoms with Gasteiger partial charge < -0.3 is 47.7 Å². The normalized spacial score (nSPS) is 18.1. The first kappa shape index (κ1) is 45.3. The lowest BCUT2D eigenvalue weighted by atomic mass is 9.83. The fraction of sp³-hybridized carbons (Fsp3) is 0.436. The van der Waals surface area contributed by atoms with Gasteiger partial charge in [0.15, 0.2) is 11.2 Å². The first-order valence-corrected chi connectivity index (χ1v) is 22.4. The lowest BCUT2D eigenvalue weighted by Crippen LogP contribution is -2.39. The summed E-state index contributed by atoms with van der Waals surface area (Å²) in [5, 5.41) is 18.0. The lowest BCUT2D eigenvalue weighted by molar-refractivity contribution is -0.122. The van der Waals surface area contributed by atoms with Crippen molar-refractivity contribution in [1.29, 1.82) is 0 Å². The Balaban J connectivity index is 0.785. The van der Waals surface area contributed by atoms with Crippen molar-refractivity contribution >= 4 is 79.8 Å². The molecule has 1 aliphatic carbocycles. The molecule has 0 saturated carbocycles. The summed E-state index contributed by atoms with van der Waals surface area (Å²) in [7, 11) is 3.11. The second kappa shape index (κ2) is 21.1.